The Kier molecular flexibility index (Phi) is 5.39. The zero-order valence-corrected chi connectivity index (χ0v) is 12.9. The lowest BCUT2D eigenvalue weighted by molar-refractivity contribution is 0.318. The van der Waals surface area contributed by atoms with Crippen LogP contribution < -0.4 is 15.8 Å². The van der Waals surface area contributed by atoms with Crippen LogP contribution in [0, 0.1) is 0 Å². The van der Waals surface area contributed by atoms with E-state index in [2.05, 4.69) is 45.1 Å². The van der Waals surface area contributed by atoms with E-state index in [1.807, 2.05) is 12.1 Å². The Morgan fingerprint density at radius 1 is 1.16 bits per heavy atom. The molecule has 0 aliphatic heterocycles. The summed E-state index contributed by atoms with van der Waals surface area (Å²) in [6, 6.07) is 8.22. The van der Waals surface area contributed by atoms with Crippen molar-refractivity contribution in [3.8, 4) is 5.75 Å². The van der Waals surface area contributed by atoms with Crippen LogP contribution in [0.4, 0.5) is 0 Å². The second kappa shape index (κ2) is 6.40. The predicted molar refractivity (Wildman–Crippen MR) is 81.8 cm³/mol. The van der Waals surface area contributed by atoms with Crippen molar-refractivity contribution < 1.29 is 4.74 Å². The lowest BCUT2D eigenvalue weighted by Gasteiger charge is -2.33. The Morgan fingerprint density at radius 2 is 1.79 bits per heavy atom. The van der Waals surface area contributed by atoms with Gasteiger partial charge in [0.2, 0.25) is 0 Å². The molecule has 0 aliphatic carbocycles. The fraction of sp³-hybridized carbons (Fsp3) is 0.625. The van der Waals surface area contributed by atoms with Crippen LogP contribution in [-0.2, 0) is 5.41 Å². The molecule has 3 N–H and O–H groups in total. The maximum Gasteiger partial charge on any atom is 0.122 e. The molecule has 0 heterocycles. The van der Waals surface area contributed by atoms with Gasteiger partial charge in [-0.2, -0.15) is 0 Å². The number of para-hydroxylation sites is 1. The molecule has 0 amide bonds. The summed E-state index contributed by atoms with van der Waals surface area (Å²) >= 11 is 0. The number of benzene rings is 1. The quantitative estimate of drug-likeness (QED) is 0.796. The molecule has 1 aromatic rings. The molecule has 0 aromatic heterocycles. The van der Waals surface area contributed by atoms with Crippen molar-refractivity contribution in [2.75, 3.05) is 20.2 Å². The van der Waals surface area contributed by atoms with Gasteiger partial charge in [-0.25, -0.2) is 0 Å². The number of methoxy groups -OCH3 is 1. The van der Waals surface area contributed by atoms with Crippen molar-refractivity contribution in [1.82, 2.24) is 5.32 Å². The highest BCUT2D eigenvalue weighted by atomic mass is 16.5. The average Bonchev–Trinajstić information content (AvgIpc) is 2.37. The molecule has 0 radical (unpaired) electrons. The van der Waals surface area contributed by atoms with Gasteiger partial charge in [0.1, 0.15) is 5.75 Å². The lowest BCUT2D eigenvalue weighted by atomic mass is 9.83. The van der Waals surface area contributed by atoms with Gasteiger partial charge in [0.15, 0.2) is 0 Å². The third-order valence-corrected chi connectivity index (χ3v) is 3.61. The van der Waals surface area contributed by atoms with Crippen molar-refractivity contribution in [2.24, 2.45) is 5.73 Å². The number of nitrogens with one attached hydrogen (secondary N) is 1. The minimum atomic E-state index is 0.0124. The van der Waals surface area contributed by atoms with E-state index in [4.69, 9.17) is 10.5 Å². The highest BCUT2D eigenvalue weighted by Gasteiger charge is 2.27. The van der Waals surface area contributed by atoms with Gasteiger partial charge in [0, 0.05) is 23.1 Å². The van der Waals surface area contributed by atoms with Crippen molar-refractivity contribution in [3.63, 3.8) is 0 Å². The second-order valence-electron chi connectivity index (χ2n) is 6.36. The molecule has 0 saturated carbocycles. The van der Waals surface area contributed by atoms with E-state index in [9.17, 15) is 0 Å². The molecule has 0 atom stereocenters. The number of nitrogens with two attached hydrogens (primary N) is 1. The summed E-state index contributed by atoms with van der Waals surface area (Å²) in [5.74, 6) is 0.950. The van der Waals surface area contributed by atoms with E-state index >= 15 is 0 Å². The molecule has 0 bridgehead atoms. The van der Waals surface area contributed by atoms with Crippen LogP contribution in [-0.4, -0.2) is 25.7 Å². The van der Waals surface area contributed by atoms with E-state index in [-0.39, 0.29) is 11.0 Å². The first-order chi connectivity index (χ1) is 8.82. The third kappa shape index (κ3) is 4.51. The number of hydrogen-bond donors (Lipinski definition) is 2. The topological polar surface area (TPSA) is 47.3 Å². The van der Waals surface area contributed by atoms with Crippen molar-refractivity contribution in [1.29, 1.82) is 0 Å². The van der Waals surface area contributed by atoms with Crippen LogP contribution in [0.2, 0.25) is 0 Å². The van der Waals surface area contributed by atoms with E-state index < -0.39 is 0 Å². The molecule has 0 saturated heterocycles. The number of hydrogen-bond acceptors (Lipinski definition) is 3. The maximum atomic E-state index is 5.65. The third-order valence-electron chi connectivity index (χ3n) is 3.61. The molecular formula is C16H28N2O. The van der Waals surface area contributed by atoms with Crippen molar-refractivity contribution >= 4 is 0 Å². The Balaban J connectivity index is 2.80. The smallest absolute Gasteiger partial charge is 0.122 e. The summed E-state index contributed by atoms with van der Waals surface area (Å²) in [6.45, 7) is 10.4. The predicted octanol–water partition coefficient (Wildman–Crippen LogP) is 2.69. The monoisotopic (exact) mass is 264 g/mol. The Hall–Kier alpha value is -1.06. The van der Waals surface area contributed by atoms with Gasteiger partial charge < -0.3 is 15.8 Å². The highest BCUT2D eigenvalue weighted by molar-refractivity contribution is 5.39. The molecule has 3 nitrogen and oxygen atoms in total. The van der Waals surface area contributed by atoms with Crippen LogP contribution in [0.15, 0.2) is 24.3 Å². The minimum Gasteiger partial charge on any atom is -0.496 e. The summed E-state index contributed by atoms with van der Waals surface area (Å²) in [5, 5.41) is 3.61. The maximum absolute atomic E-state index is 5.65. The summed E-state index contributed by atoms with van der Waals surface area (Å²) in [6.07, 6.45) is 0.967. The summed E-state index contributed by atoms with van der Waals surface area (Å²) in [5.41, 5.74) is 6.96. The fourth-order valence-corrected chi connectivity index (χ4v) is 2.21. The highest BCUT2D eigenvalue weighted by Crippen LogP contribution is 2.31. The fourth-order valence-electron chi connectivity index (χ4n) is 2.21. The molecule has 0 unspecified atom stereocenters. The molecule has 0 spiro atoms. The average molecular weight is 264 g/mol. The molecule has 108 valence electrons. The molecule has 3 heteroatoms. The van der Waals surface area contributed by atoms with E-state index in [1.54, 1.807) is 7.11 Å². The summed E-state index contributed by atoms with van der Waals surface area (Å²) < 4.78 is 5.46. The first kappa shape index (κ1) is 16.0. The van der Waals surface area contributed by atoms with Gasteiger partial charge in [-0.15, -0.1) is 0 Å². The number of rotatable bonds is 7. The van der Waals surface area contributed by atoms with E-state index in [1.165, 1.54) is 5.56 Å². The van der Waals surface area contributed by atoms with Gasteiger partial charge in [0.25, 0.3) is 0 Å². The molecule has 1 aromatic carbocycles. The SMILES string of the molecule is COc1ccccc1C(C)(C)CNC(C)(C)CCN. The molecule has 0 aliphatic rings. The zero-order chi connectivity index (χ0) is 14.5. The van der Waals surface area contributed by atoms with Gasteiger partial charge in [-0.1, -0.05) is 32.0 Å². The van der Waals surface area contributed by atoms with Crippen molar-refractivity contribution in [3.05, 3.63) is 29.8 Å². The van der Waals surface area contributed by atoms with Crippen molar-refractivity contribution in [2.45, 2.75) is 45.1 Å². The van der Waals surface area contributed by atoms with Crippen LogP contribution in [0.1, 0.15) is 39.7 Å². The molecule has 1 rings (SSSR count). The second-order valence-corrected chi connectivity index (χ2v) is 6.36. The van der Waals surface area contributed by atoms with Crippen LogP contribution in [0.5, 0.6) is 5.75 Å². The van der Waals surface area contributed by atoms with Gasteiger partial charge in [-0.3, -0.25) is 0 Å². The minimum absolute atomic E-state index is 0.0124. The first-order valence-corrected chi connectivity index (χ1v) is 6.91. The lowest BCUT2D eigenvalue weighted by Crippen LogP contribution is -2.46. The summed E-state index contributed by atoms with van der Waals surface area (Å²) in [4.78, 5) is 0. The van der Waals surface area contributed by atoms with Crippen LogP contribution in [0.25, 0.3) is 0 Å². The molecule has 19 heavy (non-hydrogen) atoms. The largest absolute Gasteiger partial charge is 0.496 e. The Morgan fingerprint density at radius 3 is 2.37 bits per heavy atom. The summed E-state index contributed by atoms with van der Waals surface area (Å²) in [7, 11) is 1.72. The Labute approximate surface area is 117 Å². The molecule has 0 fully saturated rings. The first-order valence-electron chi connectivity index (χ1n) is 6.91. The van der Waals surface area contributed by atoms with Gasteiger partial charge in [0.05, 0.1) is 7.11 Å². The standard InChI is InChI=1S/C16H28N2O/c1-15(2,12-18-16(3,4)10-11-17)13-8-6-7-9-14(13)19-5/h6-9,18H,10-12,17H2,1-5H3. The number of ether oxygens (including phenoxy) is 1. The molecular weight excluding hydrogens is 236 g/mol. The van der Waals surface area contributed by atoms with E-state index in [0.29, 0.717) is 6.54 Å². The zero-order valence-electron chi connectivity index (χ0n) is 12.9. The van der Waals surface area contributed by atoms with Gasteiger partial charge in [-0.05, 0) is 32.9 Å². The van der Waals surface area contributed by atoms with Gasteiger partial charge >= 0.3 is 0 Å². The van der Waals surface area contributed by atoms with Crippen LogP contribution in [0.3, 0.4) is 0 Å². The van der Waals surface area contributed by atoms with E-state index in [0.717, 1.165) is 18.7 Å². The normalized spacial score (nSPS) is 12.5. The van der Waals surface area contributed by atoms with Crippen LogP contribution >= 0.6 is 0 Å². The Bertz CT molecular complexity index is 399.